The first kappa shape index (κ1) is 15.1. The summed E-state index contributed by atoms with van der Waals surface area (Å²) in [6.45, 7) is -0.0527. The third-order valence-electron chi connectivity index (χ3n) is 3.10. The smallest absolute Gasteiger partial charge is 0.261 e. The maximum Gasteiger partial charge on any atom is 0.261 e. The Morgan fingerprint density at radius 1 is 1.30 bits per heavy atom. The van der Waals surface area contributed by atoms with Gasteiger partial charge in [0.05, 0.1) is 16.8 Å². The summed E-state index contributed by atoms with van der Waals surface area (Å²) in [6, 6.07) is 11.6. The molecule has 116 valence electrons. The van der Waals surface area contributed by atoms with Crippen LogP contribution in [0.1, 0.15) is 5.56 Å². The Morgan fingerprint density at radius 3 is 2.96 bits per heavy atom. The molecule has 1 amide bonds. The van der Waals surface area contributed by atoms with Crippen LogP contribution in [0.5, 0.6) is 0 Å². The van der Waals surface area contributed by atoms with Crippen molar-refractivity contribution in [1.82, 2.24) is 20.4 Å². The van der Waals surface area contributed by atoms with Gasteiger partial charge >= 0.3 is 0 Å². The lowest BCUT2D eigenvalue weighted by Crippen LogP contribution is -2.23. The molecular weight excluding hydrogens is 321 g/mol. The Hall–Kier alpha value is -2.80. The number of benzene rings is 2. The maximum atomic E-state index is 13.5. The summed E-state index contributed by atoms with van der Waals surface area (Å²) < 4.78 is 15.0. The minimum absolute atomic E-state index is 0.0527. The van der Waals surface area contributed by atoms with E-state index in [9.17, 15) is 9.18 Å². The number of aromatic nitrogens is 3. The average Bonchev–Trinajstić information content (AvgIpc) is 2.93. The van der Waals surface area contributed by atoms with E-state index in [1.165, 1.54) is 22.9 Å². The van der Waals surface area contributed by atoms with E-state index in [1.54, 1.807) is 6.07 Å². The van der Waals surface area contributed by atoms with Gasteiger partial charge in [-0.25, -0.2) is 14.5 Å². The number of halogens is 2. The number of carbonyl (C=O) groups excluding carboxylic acids is 1. The topological polar surface area (TPSA) is 72.2 Å². The molecule has 0 aliphatic carbocycles. The predicted molar refractivity (Wildman–Crippen MR) is 84.7 cm³/mol. The van der Waals surface area contributed by atoms with Crippen LogP contribution < -0.4 is 5.43 Å². The molecule has 0 saturated carbocycles. The lowest BCUT2D eigenvalue weighted by molar-refractivity contribution is -0.121. The van der Waals surface area contributed by atoms with E-state index in [4.69, 9.17) is 11.6 Å². The van der Waals surface area contributed by atoms with Crippen molar-refractivity contribution in [2.24, 2.45) is 5.10 Å². The molecule has 0 aliphatic heterocycles. The van der Waals surface area contributed by atoms with Crippen molar-refractivity contribution in [2.75, 3.05) is 0 Å². The Bertz CT molecular complexity index is 872. The zero-order chi connectivity index (χ0) is 16.2. The molecule has 6 nitrogen and oxygen atoms in total. The van der Waals surface area contributed by atoms with E-state index in [1.807, 2.05) is 18.2 Å². The highest BCUT2D eigenvalue weighted by molar-refractivity contribution is 6.33. The molecule has 0 radical (unpaired) electrons. The van der Waals surface area contributed by atoms with Gasteiger partial charge in [-0.3, -0.25) is 4.79 Å². The van der Waals surface area contributed by atoms with Crippen LogP contribution in [0.15, 0.2) is 47.6 Å². The molecule has 0 fully saturated rings. The van der Waals surface area contributed by atoms with Crippen LogP contribution in [0.2, 0.25) is 5.02 Å². The summed E-state index contributed by atoms with van der Waals surface area (Å²) in [5.74, 6) is -0.929. The molecule has 0 unspecified atom stereocenters. The normalized spacial score (nSPS) is 11.2. The molecule has 0 saturated heterocycles. The minimum atomic E-state index is -0.516. The van der Waals surface area contributed by atoms with Gasteiger partial charge in [0.2, 0.25) is 0 Å². The number of hydrogen-bond donors (Lipinski definition) is 1. The SMILES string of the molecule is O=C(Cn1nnc2ccccc21)NN=Cc1c(F)cccc1Cl. The number of hydrogen-bond acceptors (Lipinski definition) is 4. The van der Waals surface area contributed by atoms with E-state index in [2.05, 4.69) is 20.8 Å². The van der Waals surface area contributed by atoms with E-state index in [-0.39, 0.29) is 17.1 Å². The van der Waals surface area contributed by atoms with Crippen LogP contribution in [0.3, 0.4) is 0 Å². The Labute approximate surface area is 135 Å². The lowest BCUT2D eigenvalue weighted by atomic mass is 10.2. The molecule has 0 spiro atoms. The second-order valence-electron chi connectivity index (χ2n) is 4.66. The number of nitrogens with one attached hydrogen (secondary N) is 1. The molecule has 23 heavy (non-hydrogen) atoms. The highest BCUT2D eigenvalue weighted by Crippen LogP contribution is 2.16. The van der Waals surface area contributed by atoms with Gasteiger partial charge in [-0.15, -0.1) is 5.10 Å². The number of fused-ring (bicyclic) bond motifs is 1. The number of carbonyl (C=O) groups is 1. The van der Waals surface area contributed by atoms with Crippen molar-refractivity contribution >= 4 is 34.8 Å². The van der Waals surface area contributed by atoms with Crippen LogP contribution >= 0.6 is 11.6 Å². The molecule has 3 rings (SSSR count). The molecule has 1 heterocycles. The van der Waals surface area contributed by atoms with E-state index >= 15 is 0 Å². The van der Waals surface area contributed by atoms with Gasteiger partial charge in [0, 0.05) is 5.56 Å². The van der Waals surface area contributed by atoms with Crippen LogP contribution in [0.4, 0.5) is 4.39 Å². The third-order valence-corrected chi connectivity index (χ3v) is 3.43. The van der Waals surface area contributed by atoms with Crippen molar-refractivity contribution in [2.45, 2.75) is 6.54 Å². The van der Waals surface area contributed by atoms with Crippen molar-refractivity contribution < 1.29 is 9.18 Å². The van der Waals surface area contributed by atoms with Crippen molar-refractivity contribution in [3.63, 3.8) is 0 Å². The average molecular weight is 332 g/mol. The van der Waals surface area contributed by atoms with Gasteiger partial charge in [0.1, 0.15) is 17.9 Å². The van der Waals surface area contributed by atoms with Crippen molar-refractivity contribution in [1.29, 1.82) is 0 Å². The monoisotopic (exact) mass is 331 g/mol. The number of rotatable bonds is 4. The van der Waals surface area contributed by atoms with Crippen LogP contribution in [-0.2, 0) is 11.3 Å². The summed E-state index contributed by atoms with van der Waals surface area (Å²) in [5, 5.41) is 11.8. The van der Waals surface area contributed by atoms with Gasteiger partial charge in [-0.2, -0.15) is 5.10 Å². The predicted octanol–water partition coefficient (Wildman–Crippen LogP) is 2.37. The zero-order valence-corrected chi connectivity index (χ0v) is 12.5. The lowest BCUT2D eigenvalue weighted by Gasteiger charge is -2.02. The van der Waals surface area contributed by atoms with Crippen molar-refractivity contribution in [3.8, 4) is 0 Å². The van der Waals surface area contributed by atoms with Crippen LogP contribution in [0, 0.1) is 5.82 Å². The molecule has 1 aromatic heterocycles. The number of hydrazone groups is 1. The van der Waals surface area contributed by atoms with Crippen molar-refractivity contribution in [3.05, 3.63) is 58.9 Å². The largest absolute Gasteiger partial charge is 0.271 e. The fourth-order valence-electron chi connectivity index (χ4n) is 2.01. The zero-order valence-electron chi connectivity index (χ0n) is 11.8. The summed E-state index contributed by atoms with van der Waals surface area (Å²) >= 11 is 5.86. The number of para-hydroxylation sites is 1. The van der Waals surface area contributed by atoms with Crippen LogP contribution in [0.25, 0.3) is 11.0 Å². The number of amides is 1. The first-order valence-electron chi connectivity index (χ1n) is 6.69. The summed E-state index contributed by atoms with van der Waals surface area (Å²) in [7, 11) is 0. The second kappa shape index (κ2) is 6.53. The second-order valence-corrected chi connectivity index (χ2v) is 5.07. The quantitative estimate of drug-likeness (QED) is 0.589. The Morgan fingerprint density at radius 2 is 2.13 bits per heavy atom. The highest BCUT2D eigenvalue weighted by Gasteiger charge is 2.08. The molecule has 0 atom stereocenters. The fourth-order valence-corrected chi connectivity index (χ4v) is 2.22. The molecule has 3 aromatic rings. The Balaban J connectivity index is 1.67. The fraction of sp³-hybridized carbons (Fsp3) is 0.0667. The molecular formula is C15H11ClFN5O. The maximum absolute atomic E-state index is 13.5. The molecule has 0 aliphatic rings. The number of nitrogens with zero attached hydrogens (tertiary/aromatic N) is 4. The third kappa shape index (κ3) is 3.35. The molecule has 2 aromatic carbocycles. The summed E-state index contributed by atoms with van der Waals surface area (Å²) in [5.41, 5.74) is 3.85. The van der Waals surface area contributed by atoms with E-state index < -0.39 is 11.7 Å². The molecule has 8 heteroatoms. The first-order chi connectivity index (χ1) is 11.1. The standard InChI is InChI=1S/C15H11ClFN5O/c16-11-4-3-5-12(17)10(11)8-18-20-15(23)9-22-14-7-2-1-6-13(14)19-21-22/h1-8H,9H2,(H,20,23). The van der Waals surface area contributed by atoms with E-state index in [0.29, 0.717) is 5.52 Å². The van der Waals surface area contributed by atoms with Gasteiger partial charge in [-0.05, 0) is 24.3 Å². The minimum Gasteiger partial charge on any atom is -0.271 e. The Kier molecular flexibility index (Phi) is 4.29. The summed E-state index contributed by atoms with van der Waals surface area (Å²) in [4.78, 5) is 11.9. The van der Waals surface area contributed by atoms with Gasteiger partial charge in [-0.1, -0.05) is 35.0 Å². The summed E-state index contributed by atoms with van der Waals surface area (Å²) in [6.07, 6.45) is 1.16. The van der Waals surface area contributed by atoms with Gasteiger partial charge in [0.25, 0.3) is 5.91 Å². The molecule has 1 N–H and O–H groups in total. The van der Waals surface area contributed by atoms with Gasteiger partial charge in [0.15, 0.2) is 0 Å². The van der Waals surface area contributed by atoms with E-state index in [0.717, 1.165) is 11.7 Å². The van der Waals surface area contributed by atoms with Crippen LogP contribution in [-0.4, -0.2) is 27.1 Å². The molecule has 0 bridgehead atoms. The highest BCUT2D eigenvalue weighted by atomic mass is 35.5. The van der Waals surface area contributed by atoms with Gasteiger partial charge < -0.3 is 0 Å². The first-order valence-corrected chi connectivity index (χ1v) is 7.07.